The van der Waals surface area contributed by atoms with E-state index in [1.165, 1.54) is 27.8 Å². The zero-order valence-electron chi connectivity index (χ0n) is 10.1. The molecule has 0 spiro atoms. The second-order valence-electron chi connectivity index (χ2n) is 5.18. The molecule has 2 aromatic carbocycles. The second kappa shape index (κ2) is 3.84. The molecule has 1 heteroatoms. The van der Waals surface area contributed by atoms with Crippen molar-refractivity contribution in [1.82, 2.24) is 0 Å². The van der Waals surface area contributed by atoms with Gasteiger partial charge in [-0.25, -0.2) is 0 Å². The Balaban J connectivity index is 2.32. The summed E-state index contributed by atoms with van der Waals surface area (Å²) in [5.41, 5.74) is 7.33. The molecule has 0 nitrogen and oxygen atoms in total. The summed E-state index contributed by atoms with van der Waals surface area (Å²) in [4.78, 5) is 0. The van der Waals surface area contributed by atoms with Crippen LogP contribution in [0.2, 0.25) is 0 Å². The first-order valence-corrected chi connectivity index (χ1v) is 7.46. The maximum atomic E-state index is 2.43. The first-order valence-electron chi connectivity index (χ1n) is 5.94. The van der Waals surface area contributed by atoms with E-state index in [2.05, 4.69) is 78.9 Å². The predicted octanol–water partition coefficient (Wildman–Crippen LogP) is 4.93. The summed E-state index contributed by atoms with van der Waals surface area (Å²) < 4.78 is 1.08. The summed E-state index contributed by atoms with van der Waals surface area (Å²) in [5.74, 6) is 0. The predicted molar refractivity (Wildman–Crippen MR) is 81.7 cm³/mol. The molecule has 0 saturated carbocycles. The summed E-state index contributed by atoms with van der Waals surface area (Å²) >= 11 is 2.43. The van der Waals surface area contributed by atoms with Crippen molar-refractivity contribution in [2.24, 2.45) is 0 Å². The van der Waals surface area contributed by atoms with Crippen LogP contribution in [0.1, 0.15) is 30.5 Å². The van der Waals surface area contributed by atoms with Gasteiger partial charge in [0.15, 0.2) is 0 Å². The van der Waals surface area contributed by atoms with Crippen LogP contribution in [0.25, 0.3) is 11.1 Å². The maximum Gasteiger partial charge on any atom is 0.0247 e. The van der Waals surface area contributed by atoms with E-state index in [9.17, 15) is 0 Å². The number of benzene rings is 2. The Kier molecular flexibility index (Phi) is 2.54. The molecular weight excluding hydrogens is 319 g/mol. The molecule has 0 bridgehead atoms. The van der Waals surface area contributed by atoms with Crippen molar-refractivity contribution in [3.63, 3.8) is 0 Å². The SMILES string of the molecule is CC1(C)c2ccccc2-c2ccc(CI)cc21. The van der Waals surface area contributed by atoms with Gasteiger partial charge in [-0.3, -0.25) is 0 Å². The average Bonchev–Trinajstić information content (AvgIpc) is 2.59. The molecule has 0 radical (unpaired) electrons. The van der Waals surface area contributed by atoms with Gasteiger partial charge < -0.3 is 0 Å². The molecule has 1 aliphatic carbocycles. The monoisotopic (exact) mass is 334 g/mol. The summed E-state index contributed by atoms with van der Waals surface area (Å²) in [5, 5.41) is 0. The number of hydrogen-bond donors (Lipinski definition) is 0. The fraction of sp³-hybridized carbons (Fsp3) is 0.250. The summed E-state index contributed by atoms with van der Waals surface area (Å²) in [6, 6.07) is 15.7. The highest BCUT2D eigenvalue weighted by molar-refractivity contribution is 14.1. The van der Waals surface area contributed by atoms with Crippen molar-refractivity contribution >= 4 is 22.6 Å². The molecule has 3 rings (SSSR count). The highest BCUT2D eigenvalue weighted by Gasteiger charge is 2.34. The standard InChI is InChI=1S/C16H15I/c1-16(2)14-6-4-3-5-12(14)13-8-7-11(10-17)9-15(13)16/h3-9H,10H2,1-2H3. The molecule has 0 aromatic heterocycles. The highest BCUT2D eigenvalue weighted by atomic mass is 127. The summed E-state index contributed by atoms with van der Waals surface area (Å²) in [6.07, 6.45) is 0. The van der Waals surface area contributed by atoms with Crippen LogP contribution in [0, 0.1) is 0 Å². The first kappa shape index (κ1) is 11.3. The Bertz CT molecular complexity index is 582. The van der Waals surface area contributed by atoms with E-state index in [1.54, 1.807) is 0 Å². The van der Waals surface area contributed by atoms with E-state index in [1.807, 2.05) is 0 Å². The van der Waals surface area contributed by atoms with Crippen molar-refractivity contribution in [1.29, 1.82) is 0 Å². The van der Waals surface area contributed by atoms with Crippen molar-refractivity contribution < 1.29 is 0 Å². The van der Waals surface area contributed by atoms with Gasteiger partial charge in [0.2, 0.25) is 0 Å². The minimum atomic E-state index is 0.147. The van der Waals surface area contributed by atoms with Gasteiger partial charge in [-0.15, -0.1) is 0 Å². The van der Waals surface area contributed by atoms with Crippen molar-refractivity contribution in [3.8, 4) is 11.1 Å². The molecule has 0 heterocycles. The van der Waals surface area contributed by atoms with Crippen molar-refractivity contribution in [2.45, 2.75) is 23.7 Å². The normalized spacial score (nSPS) is 15.5. The molecule has 17 heavy (non-hydrogen) atoms. The number of fused-ring (bicyclic) bond motifs is 3. The fourth-order valence-electron chi connectivity index (χ4n) is 2.83. The van der Waals surface area contributed by atoms with Crippen molar-refractivity contribution in [3.05, 3.63) is 59.2 Å². The molecule has 0 unspecified atom stereocenters. The molecule has 0 aliphatic heterocycles. The van der Waals surface area contributed by atoms with Crippen LogP contribution >= 0.6 is 22.6 Å². The Morgan fingerprint density at radius 2 is 1.65 bits per heavy atom. The minimum absolute atomic E-state index is 0.147. The molecule has 0 fully saturated rings. The van der Waals surface area contributed by atoms with E-state index in [0.29, 0.717) is 0 Å². The second-order valence-corrected chi connectivity index (χ2v) is 5.95. The number of hydrogen-bond acceptors (Lipinski definition) is 0. The number of halogens is 1. The van der Waals surface area contributed by atoms with Crippen LogP contribution in [0.15, 0.2) is 42.5 Å². The number of alkyl halides is 1. The highest BCUT2D eigenvalue weighted by Crippen LogP contribution is 2.48. The van der Waals surface area contributed by atoms with Gasteiger partial charge in [0.1, 0.15) is 0 Å². The lowest BCUT2D eigenvalue weighted by atomic mass is 9.82. The third-order valence-electron chi connectivity index (χ3n) is 3.80. The van der Waals surface area contributed by atoms with Crippen LogP contribution < -0.4 is 0 Å². The van der Waals surface area contributed by atoms with E-state index in [-0.39, 0.29) is 5.41 Å². The molecule has 0 atom stereocenters. The Hall–Kier alpha value is -0.830. The smallest absolute Gasteiger partial charge is 0.0247 e. The number of rotatable bonds is 1. The molecule has 0 N–H and O–H groups in total. The first-order chi connectivity index (χ1) is 8.14. The molecule has 0 amide bonds. The molecular formula is C16H15I. The Labute approximate surface area is 116 Å². The Morgan fingerprint density at radius 3 is 2.41 bits per heavy atom. The van der Waals surface area contributed by atoms with E-state index >= 15 is 0 Å². The van der Waals surface area contributed by atoms with E-state index in [4.69, 9.17) is 0 Å². The quantitative estimate of drug-likeness (QED) is 0.512. The van der Waals surface area contributed by atoms with Gasteiger partial charge in [0, 0.05) is 9.84 Å². The molecule has 86 valence electrons. The lowest BCUT2D eigenvalue weighted by Crippen LogP contribution is -2.15. The van der Waals surface area contributed by atoms with Crippen molar-refractivity contribution in [2.75, 3.05) is 0 Å². The third-order valence-corrected chi connectivity index (χ3v) is 4.68. The molecule has 0 saturated heterocycles. The van der Waals surface area contributed by atoms with Crippen LogP contribution in [0.3, 0.4) is 0 Å². The fourth-order valence-corrected chi connectivity index (χ4v) is 3.31. The van der Waals surface area contributed by atoms with Gasteiger partial charge in [-0.1, -0.05) is 78.9 Å². The topological polar surface area (TPSA) is 0 Å². The maximum absolute atomic E-state index is 2.43. The molecule has 1 aliphatic rings. The lowest BCUT2D eigenvalue weighted by Gasteiger charge is -2.21. The summed E-state index contributed by atoms with van der Waals surface area (Å²) in [6.45, 7) is 4.66. The zero-order chi connectivity index (χ0) is 12.0. The van der Waals surface area contributed by atoms with Crippen LogP contribution in [-0.2, 0) is 9.84 Å². The average molecular weight is 334 g/mol. The van der Waals surface area contributed by atoms with Gasteiger partial charge in [-0.05, 0) is 27.8 Å². The van der Waals surface area contributed by atoms with Gasteiger partial charge in [-0.2, -0.15) is 0 Å². The van der Waals surface area contributed by atoms with Gasteiger partial charge in [0.25, 0.3) is 0 Å². The van der Waals surface area contributed by atoms with Gasteiger partial charge >= 0.3 is 0 Å². The van der Waals surface area contributed by atoms with E-state index < -0.39 is 0 Å². The summed E-state index contributed by atoms with van der Waals surface area (Å²) in [7, 11) is 0. The van der Waals surface area contributed by atoms with Gasteiger partial charge in [0.05, 0.1) is 0 Å². The largest absolute Gasteiger partial charge is 0.0812 e. The third kappa shape index (κ3) is 1.55. The van der Waals surface area contributed by atoms with Crippen LogP contribution in [0.4, 0.5) is 0 Å². The van der Waals surface area contributed by atoms with Crippen LogP contribution in [-0.4, -0.2) is 0 Å². The Morgan fingerprint density at radius 1 is 0.941 bits per heavy atom. The zero-order valence-corrected chi connectivity index (χ0v) is 12.3. The minimum Gasteiger partial charge on any atom is -0.0812 e. The molecule has 2 aromatic rings. The van der Waals surface area contributed by atoms with E-state index in [0.717, 1.165) is 4.43 Å². The lowest BCUT2D eigenvalue weighted by molar-refractivity contribution is 0.660. The van der Waals surface area contributed by atoms with Crippen LogP contribution in [0.5, 0.6) is 0 Å².